The number of rotatable bonds is 5. The fourth-order valence-corrected chi connectivity index (χ4v) is 4.37. The molecule has 0 atom stereocenters. The van der Waals surface area contributed by atoms with Gasteiger partial charge < -0.3 is 10.6 Å². The molecule has 29 heavy (non-hydrogen) atoms. The Morgan fingerprint density at radius 1 is 1.28 bits per heavy atom. The maximum Gasteiger partial charge on any atom is 0.351 e. The van der Waals surface area contributed by atoms with Crippen molar-refractivity contribution in [2.24, 2.45) is 0 Å². The summed E-state index contributed by atoms with van der Waals surface area (Å²) in [5.74, 6) is 5.95. The predicted molar refractivity (Wildman–Crippen MR) is 110 cm³/mol. The van der Waals surface area contributed by atoms with Gasteiger partial charge in [-0.2, -0.15) is 9.77 Å². The SMILES string of the molecule is COc1cccc(C(=O)Cn2c(=O)n(N)c(=O)c3c(C)c(-n4cccn4)sc32)c1. The molecule has 10 heteroatoms. The molecule has 9 nitrogen and oxygen atoms in total. The third-order valence-corrected chi connectivity index (χ3v) is 5.93. The molecule has 0 radical (unpaired) electrons. The Balaban J connectivity index is 1.90. The van der Waals surface area contributed by atoms with E-state index in [2.05, 4.69) is 5.10 Å². The van der Waals surface area contributed by atoms with Crippen LogP contribution in [-0.2, 0) is 6.54 Å². The quantitative estimate of drug-likeness (QED) is 0.391. The number of nitrogens with zero attached hydrogens (tertiary/aromatic N) is 4. The summed E-state index contributed by atoms with van der Waals surface area (Å²) in [5, 5.41) is 5.16. The van der Waals surface area contributed by atoms with Crippen molar-refractivity contribution in [1.82, 2.24) is 19.0 Å². The van der Waals surface area contributed by atoms with Crippen molar-refractivity contribution in [1.29, 1.82) is 0 Å². The second-order valence-electron chi connectivity index (χ2n) is 6.36. The molecule has 0 saturated heterocycles. The number of nitrogens with two attached hydrogens (primary N) is 1. The minimum absolute atomic E-state index is 0.265. The smallest absolute Gasteiger partial charge is 0.351 e. The van der Waals surface area contributed by atoms with E-state index < -0.39 is 11.2 Å². The normalized spacial score (nSPS) is 11.1. The number of hydrogen-bond donors (Lipinski definition) is 1. The van der Waals surface area contributed by atoms with Crippen molar-refractivity contribution in [2.45, 2.75) is 13.5 Å². The molecule has 0 saturated carbocycles. The third-order valence-electron chi connectivity index (χ3n) is 4.62. The van der Waals surface area contributed by atoms with Crippen molar-refractivity contribution >= 4 is 27.3 Å². The molecule has 0 aliphatic heterocycles. The lowest BCUT2D eigenvalue weighted by molar-refractivity contribution is 0.0971. The lowest BCUT2D eigenvalue weighted by Gasteiger charge is -2.09. The molecular weight excluding hydrogens is 394 g/mol. The van der Waals surface area contributed by atoms with Crippen molar-refractivity contribution in [2.75, 3.05) is 13.0 Å². The van der Waals surface area contributed by atoms with Crippen molar-refractivity contribution in [3.63, 3.8) is 0 Å². The lowest BCUT2D eigenvalue weighted by Crippen LogP contribution is -2.45. The lowest BCUT2D eigenvalue weighted by atomic mass is 10.1. The van der Waals surface area contributed by atoms with E-state index in [1.54, 1.807) is 54.3 Å². The molecule has 3 aromatic heterocycles. The average molecular weight is 411 g/mol. The van der Waals surface area contributed by atoms with Crippen LogP contribution in [0.2, 0.25) is 0 Å². The van der Waals surface area contributed by atoms with E-state index >= 15 is 0 Å². The molecule has 0 amide bonds. The average Bonchev–Trinajstić information content (AvgIpc) is 3.37. The summed E-state index contributed by atoms with van der Waals surface area (Å²) in [5.41, 5.74) is -0.338. The Labute approximate surface area is 168 Å². The number of hydrogen-bond acceptors (Lipinski definition) is 7. The molecule has 4 rings (SSSR count). The van der Waals surface area contributed by atoms with Crippen LogP contribution in [-0.4, -0.2) is 31.9 Å². The van der Waals surface area contributed by atoms with E-state index in [9.17, 15) is 14.4 Å². The second-order valence-corrected chi connectivity index (χ2v) is 7.34. The van der Waals surface area contributed by atoms with E-state index in [4.69, 9.17) is 10.6 Å². The van der Waals surface area contributed by atoms with E-state index in [1.807, 2.05) is 0 Å². The van der Waals surface area contributed by atoms with E-state index in [0.29, 0.717) is 36.8 Å². The van der Waals surface area contributed by atoms with Crippen LogP contribution in [0.5, 0.6) is 5.75 Å². The van der Waals surface area contributed by atoms with Crippen molar-refractivity contribution in [3.8, 4) is 10.8 Å². The van der Waals surface area contributed by atoms with Gasteiger partial charge in [0, 0.05) is 23.5 Å². The Morgan fingerprint density at radius 3 is 2.76 bits per heavy atom. The van der Waals surface area contributed by atoms with E-state index in [0.717, 1.165) is 0 Å². The van der Waals surface area contributed by atoms with Crippen LogP contribution in [0.15, 0.2) is 52.3 Å². The van der Waals surface area contributed by atoms with Crippen LogP contribution in [0.3, 0.4) is 0 Å². The van der Waals surface area contributed by atoms with Gasteiger partial charge in [-0.1, -0.05) is 23.5 Å². The zero-order valence-corrected chi connectivity index (χ0v) is 16.5. The molecule has 0 fully saturated rings. The molecule has 148 valence electrons. The summed E-state index contributed by atoms with van der Waals surface area (Å²) in [7, 11) is 1.51. The van der Waals surface area contributed by atoms with E-state index in [-0.39, 0.29) is 12.3 Å². The first-order valence-electron chi connectivity index (χ1n) is 8.63. The number of aryl methyl sites for hydroxylation is 1. The number of thiophene rings is 1. The number of carbonyl (C=O) groups excluding carboxylic acids is 1. The van der Waals surface area contributed by atoms with Crippen molar-refractivity contribution in [3.05, 3.63) is 74.7 Å². The highest BCUT2D eigenvalue weighted by Gasteiger charge is 2.22. The number of ketones is 1. The number of fused-ring (bicyclic) bond motifs is 1. The van der Waals surface area contributed by atoms with Crippen LogP contribution >= 0.6 is 11.3 Å². The Hall–Kier alpha value is -3.66. The van der Waals surface area contributed by atoms with Gasteiger partial charge in [-0.05, 0) is 25.1 Å². The van der Waals surface area contributed by atoms with Gasteiger partial charge in [-0.15, -0.1) is 0 Å². The predicted octanol–water partition coefficient (Wildman–Crippen LogP) is 1.32. The maximum atomic E-state index is 12.8. The summed E-state index contributed by atoms with van der Waals surface area (Å²) in [6, 6.07) is 8.41. The summed E-state index contributed by atoms with van der Waals surface area (Å²) in [6.45, 7) is 1.49. The van der Waals surface area contributed by atoms with Gasteiger partial charge in [-0.25, -0.2) is 9.48 Å². The molecule has 2 N–H and O–H groups in total. The van der Waals surface area contributed by atoms with Gasteiger partial charge in [0.05, 0.1) is 19.0 Å². The van der Waals surface area contributed by atoms with Gasteiger partial charge in [-0.3, -0.25) is 14.2 Å². The fourth-order valence-electron chi connectivity index (χ4n) is 3.13. The van der Waals surface area contributed by atoms with Crippen molar-refractivity contribution < 1.29 is 9.53 Å². The van der Waals surface area contributed by atoms with Crippen LogP contribution in [0.1, 0.15) is 15.9 Å². The molecule has 0 unspecified atom stereocenters. The first-order valence-corrected chi connectivity index (χ1v) is 9.45. The Kier molecular flexibility index (Phi) is 4.55. The second kappa shape index (κ2) is 7.06. The standard InChI is InChI=1S/C19H17N5O4S/c1-11-15-16(26)24(20)19(27)22(18(15)29-17(11)23-8-4-7-21-23)10-14(25)12-5-3-6-13(9-12)28-2/h3-9H,10,20H2,1-2H3. The number of nitrogen functional groups attached to an aromatic ring is 1. The molecule has 0 spiro atoms. The topological polar surface area (TPSA) is 114 Å². The highest BCUT2D eigenvalue weighted by Crippen LogP contribution is 2.30. The van der Waals surface area contributed by atoms with Crippen LogP contribution in [0, 0.1) is 6.92 Å². The molecular formula is C19H17N5O4S. The highest BCUT2D eigenvalue weighted by molar-refractivity contribution is 7.21. The maximum absolute atomic E-state index is 12.8. The minimum atomic E-state index is -0.757. The fraction of sp³-hybridized carbons (Fsp3) is 0.158. The van der Waals surface area contributed by atoms with E-state index in [1.165, 1.54) is 23.0 Å². The van der Waals surface area contributed by atoms with Gasteiger partial charge in [0.25, 0.3) is 5.56 Å². The summed E-state index contributed by atoms with van der Waals surface area (Å²) >= 11 is 1.21. The number of methoxy groups -OCH3 is 1. The molecule has 4 aromatic rings. The molecule has 0 bridgehead atoms. The summed E-state index contributed by atoms with van der Waals surface area (Å²) in [6.07, 6.45) is 3.35. The first-order chi connectivity index (χ1) is 13.9. The number of ether oxygens (including phenoxy) is 1. The zero-order valence-electron chi connectivity index (χ0n) is 15.7. The number of benzene rings is 1. The van der Waals surface area contributed by atoms with Crippen LogP contribution < -0.4 is 21.8 Å². The number of aromatic nitrogens is 4. The summed E-state index contributed by atoms with van der Waals surface area (Å²) in [4.78, 5) is 38.6. The molecule has 3 heterocycles. The van der Waals surface area contributed by atoms with Gasteiger partial charge in [0.2, 0.25) is 0 Å². The van der Waals surface area contributed by atoms with Crippen LogP contribution in [0.25, 0.3) is 15.2 Å². The largest absolute Gasteiger partial charge is 0.497 e. The van der Waals surface area contributed by atoms with Crippen LogP contribution in [0.4, 0.5) is 0 Å². The highest BCUT2D eigenvalue weighted by atomic mass is 32.1. The first kappa shape index (κ1) is 18.7. The van der Waals surface area contributed by atoms with Gasteiger partial charge >= 0.3 is 5.69 Å². The Morgan fingerprint density at radius 2 is 2.07 bits per heavy atom. The zero-order chi connectivity index (χ0) is 20.7. The van der Waals surface area contributed by atoms with Gasteiger partial charge in [0.1, 0.15) is 15.6 Å². The number of Topliss-reactive ketones (excluding diaryl/α,β-unsaturated/α-hetero) is 1. The third kappa shape index (κ3) is 3.03. The molecule has 0 aliphatic carbocycles. The molecule has 1 aromatic carbocycles. The summed E-state index contributed by atoms with van der Waals surface area (Å²) < 4.78 is 8.52. The Bertz CT molecular complexity index is 1350. The number of carbonyl (C=O) groups is 1. The minimum Gasteiger partial charge on any atom is -0.497 e. The molecule has 0 aliphatic rings. The monoisotopic (exact) mass is 411 g/mol. The van der Waals surface area contributed by atoms with Gasteiger partial charge in [0.15, 0.2) is 5.78 Å².